The van der Waals surface area contributed by atoms with Gasteiger partial charge >= 0.3 is 5.69 Å². The lowest BCUT2D eigenvalue weighted by Gasteiger charge is -2.30. The Morgan fingerprint density at radius 1 is 1.47 bits per heavy atom. The molecule has 6 heteroatoms. The van der Waals surface area contributed by atoms with Gasteiger partial charge in [-0.1, -0.05) is 37.9 Å². The molecular formula is C13H24N4OS. The second-order valence-corrected chi connectivity index (χ2v) is 6.23. The molecule has 0 aliphatic heterocycles. The lowest BCUT2D eigenvalue weighted by Crippen LogP contribution is -2.39. The van der Waals surface area contributed by atoms with Crippen molar-refractivity contribution in [2.45, 2.75) is 50.2 Å². The highest BCUT2D eigenvalue weighted by Gasteiger charge is 2.23. The Morgan fingerprint density at radius 2 is 2.21 bits per heavy atom. The van der Waals surface area contributed by atoms with Gasteiger partial charge in [-0.15, -0.1) is 5.10 Å². The number of thioether (sulfide) groups is 1. The standard InChI is InChI=1S/C13H24N4OS/c1-3-14-11(10-7-5-4-6-8-10)9-19-13-16-15-12(18)17(13)2/h10-11,14H,3-9H2,1-2H3,(H,15,18). The normalized spacial score (nSPS) is 18.6. The summed E-state index contributed by atoms with van der Waals surface area (Å²) in [6, 6.07) is 0.530. The van der Waals surface area contributed by atoms with Gasteiger partial charge in [0.2, 0.25) is 0 Å². The molecule has 0 spiro atoms. The second kappa shape index (κ2) is 7.14. The van der Waals surface area contributed by atoms with Gasteiger partial charge in [-0.05, 0) is 25.3 Å². The average molecular weight is 284 g/mol. The highest BCUT2D eigenvalue weighted by atomic mass is 32.2. The first-order valence-corrected chi connectivity index (χ1v) is 8.18. The zero-order valence-corrected chi connectivity index (χ0v) is 12.6. The third-order valence-electron chi connectivity index (χ3n) is 3.92. The number of H-pyrrole nitrogens is 1. The molecule has 1 aromatic rings. The zero-order chi connectivity index (χ0) is 13.7. The van der Waals surface area contributed by atoms with Crippen molar-refractivity contribution in [3.8, 4) is 0 Å². The van der Waals surface area contributed by atoms with Gasteiger partial charge < -0.3 is 5.32 Å². The van der Waals surface area contributed by atoms with Crippen LogP contribution in [0.25, 0.3) is 0 Å². The smallest absolute Gasteiger partial charge is 0.313 e. The third-order valence-corrected chi connectivity index (χ3v) is 5.07. The van der Waals surface area contributed by atoms with Gasteiger partial charge in [0.15, 0.2) is 5.16 Å². The molecular weight excluding hydrogens is 260 g/mol. The summed E-state index contributed by atoms with van der Waals surface area (Å²) < 4.78 is 1.58. The van der Waals surface area contributed by atoms with Gasteiger partial charge in [-0.2, -0.15) is 0 Å². The quantitative estimate of drug-likeness (QED) is 0.781. The monoisotopic (exact) mass is 284 g/mol. The number of aromatic nitrogens is 3. The van der Waals surface area contributed by atoms with E-state index in [1.165, 1.54) is 32.1 Å². The topological polar surface area (TPSA) is 62.7 Å². The summed E-state index contributed by atoms with van der Waals surface area (Å²) in [5.41, 5.74) is -0.139. The largest absolute Gasteiger partial charge is 0.343 e. The van der Waals surface area contributed by atoms with Crippen LogP contribution >= 0.6 is 11.8 Å². The molecule has 2 rings (SSSR count). The molecule has 1 unspecified atom stereocenters. The van der Waals surface area contributed by atoms with Gasteiger partial charge in [0.25, 0.3) is 0 Å². The predicted molar refractivity (Wildman–Crippen MR) is 78.6 cm³/mol. The lowest BCUT2D eigenvalue weighted by atomic mass is 9.84. The van der Waals surface area contributed by atoms with Crippen molar-refractivity contribution < 1.29 is 0 Å². The molecule has 1 aliphatic carbocycles. The molecule has 0 aromatic carbocycles. The van der Waals surface area contributed by atoms with E-state index in [1.54, 1.807) is 23.4 Å². The third kappa shape index (κ3) is 3.86. The number of hydrogen-bond acceptors (Lipinski definition) is 4. The van der Waals surface area contributed by atoms with E-state index in [9.17, 15) is 4.79 Å². The molecule has 1 aromatic heterocycles. The van der Waals surface area contributed by atoms with E-state index >= 15 is 0 Å². The van der Waals surface area contributed by atoms with Gasteiger partial charge in [0, 0.05) is 18.8 Å². The summed E-state index contributed by atoms with van der Waals surface area (Å²) in [7, 11) is 1.76. The molecule has 108 valence electrons. The number of nitrogens with one attached hydrogen (secondary N) is 2. The van der Waals surface area contributed by atoms with E-state index in [1.807, 2.05) is 0 Å². The first-order valence-electron chi connectivity index (χ1n) is 7.20. The van der Waals surface area contributed by atoms with Gasteiger partial charge in [-0.3, -0.25) is 4.57 Å². The summed E-state index contributed by atoms with van der Waals surface area (Å²) >= 11 is 1.67. The fourth-order valence-corrected chi connectivity index (χ4v) is 3.89. The molecule has 2 N–H and O–H groups in total. The Kier molecular flexibility index (Phi) is 5.51. The Morgan fingerprint density at radius 3 is 2.79 bits per heavy atom. The van der Waals surface area contributed by atoms with Gasteiger partial charge in [-0.25, -0.2) is 9.89 Å². The Labute approximate surface area is 118 Å². The van der Waals surface area contributed by atoms with Crippen LogP contribution in [0.1, 0.15) is 39.0 Å². The minimum absolute atomic E-state index is 0.139. The minimum Gasteiger partial charge on any atom is -0.313 e. The van der Waals surface area contributed by atoms with E-state index in [0.29, 0.717) is 6.04 Å². The summed E-state index contributed by atoms with van der Waals surface area (Å²) in [5.74, 6) is 1.76. The van der Waals surface area contributed by atoms with E-state index in [-0.39, 0.29) is 5.69 Å². The van der Waals surface area contributed by atoms with Crippen molar-refractivity contribution in [3.05, 3.63) is 10.5 Å². The number of rotatable bonds is 6. The highest BCUT2D eigenvalue weighted by Crippen LogP contribution is 2.29. The Bertz CT molecular complexity index is 436. The zero-order valence-electron chi connectivity index (χ0n) is 11.8. The molecule has 1 atom stereocenters. The SMILES string of the molecule is CCNC(CSc1n[nH]c(=O)n1C)C1CCCCC1. The molecule has 1 heterocycles. The lowest BCUT2D eigenvalue weighted by molar-refractivity contribution is 0.288. The van der Waals surface area contributed by atoms with E-state index in [2.05, 4.69) is 22.4 Å². The first-order chi connectivity index (χ1) is 9.22. The maximum absolute atomic E-state index is 11.3. The van der Waals surface area contributed by atoms with Crippen molar-refractivity contribution in [1.29, 1.82) is 0 Å². The van der Waals surface area contributed by atoms with E-state index in [4.69, 9.17) is 0 Å². The van der Waals surface area contributed by atoms with Gasteiger partial charge in [0.05, 0.1) is 0 Å². The molecule has 0 radical (unpaired) electrons. The molecule has 0 saturated heterocycles. The van der Waals surface area contributed by atoms with Crippen LogP contribution in [0.4, 0.5) is 0 Å². The Balaban J connectivity index is 1.92. The maximum Gasteiger partial charge on any atom is 0.343 e. The number of nitrogens with zero attached hydrogens (tertiary/aromatic N) is 2. The van der Waals surface area contributed by atoms with Crippen LogP contribution in [0.15, 0.2) is 9.95 Å². The van der Waals surface area contributed by atoms with Crippen molar-refractivity contribution in [2.75, 3.05) is 12.3 Å². The van der Waals surface area contributed by atoms with Crippen molar-refractivity contribution in [2.24, 2.45) is 13.0 Å². The van der Waals surface area contributed by atoms with Crippen LogP contribution in [0.2, 0.25) is 0 Å². The van der Waals surface area contributed by atoms with Gasteiger partial charge in [0.1, 0.15) is 0 Å². The van der Waals surface area contributed by atoms with Crippen LogP contribution in [-0.4, -0.2) is 33.1 Å². The van der Waals surface area contributed by atoms with Crippen LogP contribution in [0, 0.1) is 5.92 Å². The molecule has 0 bridgehead atoms. The summed E-state index contributed by atoms with van der Waals surface area (Å²) in [6.07, 6.45) is 6.77. The summed E-state index contributed by atoms with van der Waals surface area (Å²) in [4.78, 5) is 11.3. The highest BCUT2D eigenvalue weighted by molar-refractivity contribution is 7.99. The molecule has 5 nitrogen and oxygen atoms in total. The van der Waals surface area contributed by atoms with Crippen LogP contribution in [-0.2, 0) is 7.05 Å². The summed E-state index contributed by atoms with van der Waals surface area (Å²) in [6.45, 7) is 3.16. The van der Waals surface area contributed by atoms with Crippen LogP contribution < -0.4 is 11.0 Å². The Hall–Kier alpha value is -0.750. The second-order valence-electron chi connectivity index (χ2n) is 5.24. The van der Waals surface area contributed by atoms with Crippen molar-refractivity contribution >= 4 is 11.8 Å². The fraction of sp³-hybridized carbons (Fsp3) is 0.846. The molecule has 1 saturated carbocycles. The number of aromatic amines is 1. The molecule has 1 fully saturated rings. The average Bonchev–Trinajstić information content (AvgIpc) is 2.76. The first kappa shape index (κ1) is 14.7. The van der Waals surface area contributed by atoms with Crippen molar-refractivity contribution in [3.63, 3.8) is 0 Å². The minimum atomic E-state index is -0.139. The molecule has 19 heavy (non-hydrogen) atoms. The van der Waals surface area contributed by atoms with E-state index in [0.717, 1.165) is 23.4 Å². The maximum atomic E-state index is 11.3. The summed E-state index contributed by atoms with van der Waals surface area (Å²) in [5, 5.41) is 10.9. The predicted octanol–water partition coefficient (Wildman–Crippen LogP) is 1.76. The van der Waals surface area contributed by atoms with E-state index < -0.39 is 0 Å². The fourth-order valence-electron chi connectivity index (χ4n) is 2.79. The van der Waals surface area contributed by atoms with Crippen molar-refractivity contribution in [1.82, 2.24) is 20.1 Å². The molecule has 1 aliphatic rings. The van der Waals surface area contributed by atoms with Crippen LogP contribution in [0.3, 0.4) is 0 Å². The molecule has 0 amide bonds. The number of hydrogen-bond donors (Lipinski definition) is 2. The van der Waals surface area contributed by atoms with Crippen LogP contribution in [0.5, 0.6) is 0 Å².